The molecule has 0 aromatic heterocycles. The first-order valence-electron chi connectivity index (χ1n) is 9.11. The molecule has 1 amide bonds. The minimum atomic E-state index is 0.139. The fourth-order valence-corrected chi connectivity index (χ4v) is 2.99. The van der Waals surface area contributed by atoms with E-state index >= 15 is 0 Å². The molecule has 2 N–H and O–H groups in total. The molecule has 1 aliphatic heterocycles. The fraction of sp³-hybridized carbons (Fsp3) is 0.632. The minimum absolute atomic E-state index is 0.139. The third-order valence-corrected chi connectivity index (χ3v) is 4.23. The SMILES string of the molecule is CCOc1ccc(CCNC(=O)CCC2CCCN2)cc1OCC. The van der Waals surface area contributed by atoms with E-state index in [4.69, 9.17) is 9.47 Å². The quantitative estimate of drug-likeness (QED) is 0.691. The van der Waals surface area contributed by atoms with Crippen LogP contribution in [0.4, 0.5) is 0 Å². The zero-order chi connectivity index (χ0) is 17.2. The summed E-state index contributed by atoms with van der Waals surface area (Å²) < 4.78 is 11.2. The summed E-state index contributed by atoms with van der Waals surface area (Å²) in [6.45, 7) is 6.88. The summed E-state index contributed by atoms with van der Waals surface area (Å²) in [6.07, 6.45) is 4.75. The van der Waals surface area contributed by atoms with Gasteiger partial charge in [0.05, 0.1) is 13.2 Å². The molecular formula is C19H30N2O3. The van der Waals surface area contributed by atoms with Crippen LogP contribution in [0.1, 0.15) is 45.1 Å². The summed E-state index contributed by atoms with van der Waals surface area (Å²) in [6, 6.07) is 6.50. The van der Waals surface area contributed by atoms with E-state index in [1.54, 1.807) is 0 Å². The van der Waals surface area contributed by atoms with Crippen LogP contribution in [0.15, 0.2) is 18.2 Å². The fourth-order valence-electron chi connectivity index (χ4n) is 2.99. The van der Waals surface area contributed by atoms with Crippen LogP contribution < -0.4 is 20.1 Å². The Kier molecular flexibility index (Phi) is 7.89. The lowest BCUT2D eigenvalue weighted by Gasteiger charge is -2.13. The molecule has 24 heavy (non-hydrogen) atoms. The molecule has 0 saturated carbocycles. The molecule has 0 bridgehead atoms. The van der Waals surface area contributed by atoms with Crippen molar-refractivity contribution in [3.63, 3.8) is 0 Å². The molecule has 0 spiro atoms. The molecule has 0 radical (unpaired) electrons. The Balaban J connectivity index is 1.74. The van der Waals surface area contributed by atoms with Gasteiger partial charge in [0, 0.05) is 19.0 Å². The normalized spacial score (nSPS) is 16.8. The van der Waals surface area contributed by atoms with E-state index in [0.717, 1.165) is 36.4 Å². The predicted octanol–water partition coefficient (Wildman–Crippen LogP) is 2.67. The van der Waals surface area contributed by atoms with Gasteiger partial charge in [0.2, 0.25) is 5.91 Å². The Morgan fingerprint density at radius 3 is 2.75 bits per heavy atom. The van der Waals surface area contributed by atoms with Gasteiger partial charge in [0.1, 0.15) is 0 Å². The molecule has 1 fully saturated rings. The lowest BCUT2D eigenvalue weighted by atomic mass is 10.1. The number of carbonyl (C=O) groups excluding carboxylic acids is 1. The summed E-state index contributed by atoms with van der Waals surface area (Å²) in [5.74, 6) is 1.69. The van der Waals surface area contributed by atoms with E-state index in [-0.39, 0.29) is 5.91 Å². The highest BCUT2D eigenvalue weighted by molar-refractivity contribution is 5.75. The van der Waals surface area contributed by atoms with Crippen LogP contribution in [0, 0.1) is 0 Å². The number of benzene rings is 1. The van der Waals surface area contributed by atoms with Crippen molar-refractivity contribution < 1.29 is 14.3 Å². The van der Waals surface area contributed by atoms with E-state index in [9.17, 15) is 4.79 Å². The Morgan fingerprint density at radius 1 is 1.25 bits per heavy atom. The van der Waals surface area contributed by atoms with Crippen LogP contribution in [-0.4, -0.2) is 38.3 Å². The molecule has 2 rings (SSSR count). The molecular weight excluding hydrogens is 304 g/mol. The Labute approximate surface area is 145 Å². The van der Waals surface area contributed by atoms with Gasteiger partial charge in [-0.05, 0) is 63.8 Å². The van der Waals surface area contributed by atoms with Gasteiger partial charge < -0.3 is 20.1 Å². The average molecular weight is 334 g/mol. The van der Waals surface area contributed by atoms with E-state index in [1.807, 2.05) is 32.0 Å². The smallest absolute Gasteiger partial charge is 0.220 e. The highest BCUT2D eigenvalue weighted by Crippen LogP contribution is 2.28. The van der Waals surface area contributed by atoms with E-state index in [0.29, 0.717) is 32.2 Å². The van der Waals surface area contributed by atoms with Gasteiger partial charge in [-0.1, -0.05) is 6.07 Å². The number of carbonyl (C=O) groups is 1. The third kappa shape index (κ3) is 6.04. The number of nitrogens with one attached hydrogen (secondary N) is 2. The van der Waals surface area contributed by atoms with Crippen molar-refractivity contribution in [2.45, 2.75) is 52.0 Å². The maximum absolute atomic E-state index is 11.9. The number of rotatable bonds is 10. The number of hydrogen-bond acceptors (Lipinski definition) is 4. The molecule has 5 nitrogen and oxygen atoms in total. The lowest BCUT2D eigenvalue weighted by molar-refractivity contribution is -0.121. The molecule has 5 heteroatoms. The molecule has 1 unspecified atom stereocenters. The average Bonchev–Trinajstić information content (AvgIpc) is 3.09. The third-order valence-electron chi connectivity index (χ3n) is 4.23. The zero-order valence-corrected chi connectivity index (χ0v) is 14.9. The van der Waals surface area contributed by atoms with Gasteiger partial charge in [-0.15, -0.1) is 0 Å². The largest absolute Gasteiger partial charge is 0.490 e. The first kappa shape index (κ1) is 18.6. The Hall–Kier alpha value is -1.75. The van der Waals surface area contributed by atoms with Crippen LogP contribution in [0.5, 0.6) is 11.5 Å². The monoisotopic (exact) mass is 334 g/mol. The van der Waals surface area contributed by atoms with Crippen molar-refractivity contribution in [3.05, 3.63) is 23.8 Å². The number of hydrogen-bond donors (Lipinski definition) is 2. The van der Waals surface area contributed by atoms with Crippen LogP contribution >= 0.6 is 0 Å². The molecule has 1 aliphatic rings. The summed E-state index contributed by atoms with van der Waals surface area (Å²) in [5.41, 5.74) is 1.14. The molecule has 1 heterocycles. The second-order valence-corrected chi connectivity index (χ2v) is 6.08. The van der Waals surface area contributed by atoms with Gasteiger partial charge >= 0.3 is 0 Å². The second kappa shape index (κ2) is 10.2. The Bertz CT molecular complexity index is 513. The molecule has 1 atom stereocenters. The maximum Gasteiger partial charge on any atom is 0.220 e. The maximum atomic E-state index is 11.9. The van der Waals surface area contributed by atoms with Crippen molar-refractivity contribution in [3.8, 4) is 11.5 Å². The summed E-state index contributed by atoms with van der Waals surface area (Å²) in [7, 11) is 0. The van der Waals surface area contributed by atoms with Gasteiger partial charge in [-0.3, -0.25) is 4.79 Å². The van der Waals surface area contributed by atoms with Crippen LogP contribution in [0.25, 0.3) is 0 Å². The van der Waals surface area contributed by atoms with Gasteiger partial charge in [-0.2, -0.15) is 0 Å². The van der Waals surface area contributed by atoms with E-state index < -0.39 is 0 Å². The summed E-state index contributed by atoms with van der Waals surface area (Å²) in [5, 5.41) is 6.43. The van der Waals surface area contributed by atoms with Crippen molar-refractivity contribution in [2.75, 3.05) is 26.3 Å². The van der Waals surface area contributed by atoms with Crippen molar-refractivity contribution >= 4 is 5.91 Å². The molecule has 1 saturated heterocycles. The van der Waals surface area contributed by atoms with Crippen LogP contribution in [0.2, 0.25) is 0 Å². The highest BCUT2D eigenvalue weighted by atomic mass is 16.5. The number of ether oxygens (including phenoxy) is 2. The molecule has 1 aromatic rings. The second-order valence-electron chi connectivity index (χ2n) is 6.08. The molecule has 0 aliphatic carbocycles. The van der Waals surface area contributed by atoms with Crippen molar-refractivity contribution in [1.82, 2.24) is 10.6 Å². The van der Waals surface area contributed by atoms with E-state index in [2.05, 4.69) is 10.6 Å². The zero-order valence-electron chi connectivity index (χ0n) is 14.9. The van der Waals surface area contributed by atoms with Gasteiger partial charge in [0.15, 0.2) is 11.5 Å². The summed E-state index contributed by atoms with van der Waals surface area (Å²) >= 11 is 0. The molecule has 1 aromatic carbocycles. The van der Waals surface area contributed by atoms with Crippen LogP contribution in [0.3, 0.4) is 0 Å². The van der Waals surface area contributed by atoms with Crippen molar-refractivity contribution in [2.24, 2.45) is 0 Å². The minimum Gasteiger partial charge on any atom is -0.490 e. The first-order valence-corrected chi connectivity index (χ1v) is 9.11. The Morgan fingerprint density at radius 2 is 2.04 bits per heavy atom. The highest BCUT2D eigenvalue weighted by Gasteiger charge is 2.15. The van der Waals surface area contributed by atoms with Crippen LogP contribution in [-0.2, 0) is 11.2 Å². The molecule has 134 valence electrons. The lowest BCUT2D eigenvalue weighted by Crippen LogP contribution is -2.28. The van der Waals surface area contributed by atoms with E-state index in [1.165, 1.54) is 12.8 Å². The first-order chi connectivity index (χ1) is 11.7. The van der Waals surface area contributed by atoms with Gasteiger partial charge in [0.25, 0.3) is 0 Å². The topological polar surface area (TPSA) is 59.6 Å². The summed E-state index contributed by atoms with van der Waals surface area (Å²) in [4.78, 5) is 11.9. The van der Waals surface area contributed by atoms with Crippen molar-refractivity contribution in [1.29, 1.82) is 0 Å². The number of amides is 1. The predicted molar refractivity (Wildman–Crippen MR) is 95.8 cm³/mol. The standard InChI is InChI=1S/C19H30N2O3/c1-3-23-17-9-7-15(14-18(17)24-4-2)11-13-21-19(22)10-8-16-6-5-12-20-16/h7,9,14,16,20H,3-6,8,10-13H2,1-2H3,(H,21,22). The van der Waals surface area contributed by atoms with Gasteiger partial charge in [-0.25, -0.2) is 0 Å².